The largest absolute Gasteiger partial charge is 0.383 e. The van der Waals surface area contributed by atoms with Crippen molar-refractivity contribution in [3.8, 4) is 0 Å². The number of carbonyl (C=O) groups is 2. The number of carbonyl (C=O) groups excluding carboxylic acids is 2. The number of methoxy groups -OCH3 is 2. The number of rotatable bonds is 10. The Balaban J connectivity index is 2.29. The zero-order valence-corrected chi connectivity index (χ0v) is 16.3. The van der Waals surface area contributed by atoms with Gasteiger partial charge in [0.1, 0.15) is 5.70 Å². The molecule has 6 nitrogen and oxygen atoms in total. The van der Waals surface area contributed by atoms with E-state index in [-0.39, 0.29) is 17.5 Å². The molecule has 0 aliphatic rings. The van der Waals surface area contributed by atoms with E-state index in [1.807, 2.05) is 36.4 Å². The Labute approximate surface area is 165 Å². The summed E-state index contributed by atoms with van der Waals surface area (Å²) in [6.07, 6.45) is 1.68. The minimum Gasteiger partial charge on any atom is -0.383 e. The van der Waals surface area contributed by atoms with Crippen LogP contribution in [-0.2, 0) is 14.3 Å². The molecule has 148 valence electrons. The van der Waals surface area contributed by atoms with Crippen molar-refractivity contribution in [2.24, 2.45) is 0 Å². The maximum absolute atomic E-state index is 13.2. The fourth-order valence-corrected chi connectivity index (χ4v) is 2.54. The number of hydrogen-bond acceptors (Lipinski definition) is 4. The quantitative estimate of drug-likeness (QED) is 0.642. The molecule has 0 aliphatic carbocycles. The Kier molecular flexibility index (Phi) is 8.91. The molecule has 0 aliphatic heterocycles. The first kappa shape index (κ1) is 21.3. The number of hydrogen-bond donors (Lipinski definition) is 1. The van der Waals surface area contributed by atoms with E-state index in [9.17, 15) is 9.59 Å². The second kappa shape index (κ2) is 11.7. The predicted molar refractivity (Wildman–Crippen MR) is 109 cm³/mol. The topological polar surface area (TPSA) is 67.9 Å². The summed E-state index contributed by atoms with van der Waals surface area (Å²) >= 11 is 0. The summed E-state index contributed by atoms with van der Waals surface area (Å²) in [4.78, 5) is 27.4. The lowest BCUT2D eigenvalue weighted by atomic mass is 10.1. The van der Waals surface area contributed by atoms with E-state index in [0.717, 1.165) is 5.56 Å². The molecule has 0 bridgehead atoms. The first-order chi connectivity index (χ1) is 13.7. The molecule has 2 amide bonds. The van der Waals surface area contributed by atoms with Crippen LogP contribution in [0.4, 0.5) is 0 Å². The molecule has 0 atom stereocenters. The van der Waals surface area contributed by atoms with Crippen molar-refractivity contribution in [1.29, 1.82) is 0 Å². The summed E-state index contributed by atoms with van der Waals surface area (Å²) < 4.78 is 10.2. The molecule has 0 saturated carbocycles. The van der Waals surface area contributed by atoms with E-state index in [0.29, 0.717) is 31.9 Å². The van der Waals surface area contributed by atoms with E-state index in [1.165, 1.54) is 0 Å². The van der Waals surface area contributed by atoms with Gasteiger partial charge < -0.3 is 19.7 Å². The zero-order chi connectivity index (χ0) is 20.2. The molecule has 6 heteroatoms. The fraction of sp³-hybridized carbons (Fsp3) is 0.273. The number of nitrogens with zero attached hydrogens (tertiary/aromatic N) is 1. The lowest BCUT2D eigenvalue weighted by Crippen LogP contribution is -2.41. The van der Waals surface area contributed by atoms with Gasteiger partial charge in [0.15, 0.2) is 0 Å². The highest BCUT2D eigenvalue weighted by Gasteiger charge is 2.20. The van der Waals surface area contributed by atoms with Crippen molar-refractivity contribution in [1.82, 2.24) is 10.2 Å². The van der Waals surface area contributed by atoms with Gasteiger partial charge in [-0.25, -0.2) is 0 Å². The normalized spacial score (nSPS) is 11.1. The lowest BCUT2D eigenvalue weighted by molar-refractivity contribution is -0.128. The minimum atomic E-state index is -0.338. The third-order valence-corrected chi connectivity index (χ3v) is 4.04. The summed E-state index contributed by atoms with van der Waals surface area (Å²) in [6, 6.07) is 18.2. The van der Waals surface area contributed by atoms with Crippen LogP contribution in [0.5, 0.6) is 0 Å². The first-order valence-electron chi connectivity index (χ1n) is 9.06. The van der Waals surface area contributed by atoms with Crippen molar-refractivity contribution in [3.05, 3.63) is 77.5 Å². The van der Waals surface area contributed by atoms with Crippen LogP contribution in [0.2, 0.25) is 0 Å². The van der Waals surface area contributed by atoms with Crippen molar-refractivity contribution in [3.63, 3.8) is 0 Å². The minimum absolute atomic E-state index is 0.201. The molecule has 28 heavy (non-hydrogen) atoms. The van der Waals surface area contributed by atoms with Gasteiger partial charge in [-0.15, -0.1) is 0 Å². The summed E-state index contributed by atoms with van der Waals surface area (Å²) in [5.74, 6) is -0.628. The van der Waals surface area contributed by atoms with Crippen LogP contribution >= 0.6 is 0 Å². The van der Waals surface area contributed by atoms with Crippen LogP contribution in [0.15, 0.2) is 66.4 Å². The molecule has 0 unspecified atom stereocenters. The van der Waals surface area contributed by atoms with E-state index in [1.54, 1.807) is 49.5 Å². The maximum atomic E-state index is 13.2. The van der Waals surface area contributed by atoms with E-state index in [4.69, 9.17) is 9.47 Å². The van der Waals surface area contributed by atoms with Gasteiger partial charge in [0, 0.05) is 32.9 Å². The highest BCUT2D eigenvalue weighted by Crippen LogP contribution is 2.10. The van der Waals surface area contributed by atoms with Gasteiger partial charge in [0.25, 0.3) is 11.8 Å². The van der Waals surface area contributed by atoms with E-state index >= 15 is 0 Å². The molecular formula is C22H26N2O4. The highest BCUT2D eigenvalue weighted by molar-refractivity contribution is 6.05. The zero-order valence-electron chi connectivity index (χ0n) is 16.3. The van der Waals surface area contributed by atoms with Gasteiger partial charge in [-0.3, -0.25) is 9.59 Å². The van der Waals surface area contributed by atoms with Crippen LogP contribution in [0.3, 0.4) is 0 Å². The molecule has 0 heterocycles. The average molecular weight is 382 g/mol. The van der Waals surface area contributed by atoms with E-state index < -0.39 is 0 Å². The lowest BCUT2D eigenvalue weighted by Gasteiger charge is -2.23. The van der Waals surface area contributed by atoms with Gasteiger partial charge in [-0.1, -0.05) is 48.5 Å². The Morgan fingerprint density at radius 3 is 1.96 bits per heavy atom. The standard InChI is InChI=1S/C22H26N2O4/c1-27-15-13-24(14-16-28-2)22(26)20(17-18-9-5-3-6-10-18)23-21(25)19-11-7-4-8-12-19/h3-12,17H,13-16H2,1-2H3,(H,23,25). The number of nitrogens with one attached hydrogen (secondary N) is 1. The average Bonchev–Trinajstić information content (AvgIpc) is 2.74. The molecule has 0 spiro atoms. The molecular weight excluding hydrogens is 356 g/mol. The molecule has 0 aromatic heterocycles. The third-order valence-electron chi connectivity index (χ3n) is 4.04. The van der Waals surface area contributed by atoms with Gasteiger partial charge in [0.05, 0.1) is 13.2 Å². The Morgan fingerprint density at radius 1 is 0.893 bits per heavy atom. The molecule has 2 aromatic carbocycles. The fourth-order valence-electron chi connectivity index (χ4n) is 2.54. The van der Waals surface area contributed by atoms with Crippen LogP contribution < -0.4 is 5.32 Å². The molecule has 1 N–H and O–H groups in total. The van der Waals surface area contributed by atoms with Crippen LogP contribution in [0, 0.1) is 0 Å². The van der Waals surface area contributed by atoms with Crippen LogP contribution in [0.25, 0.3) is 6.08 Å². The molecule has 0 fully saturated rings. The molecule has 0 radical (unpaired) electrons. The summed E-state index contributed by atoms with van der Waals surface area (Å²) in [5.41, 5.74) is 1.50. The highest BCUT2D eigenvalue weighted by atomic mass is 16.5. The number of amides is 2. The number of ether oxygens (including phenoxy) is 2. The molecule has 2 rings (SSSR count). The Morgan fingerprint density at radius 2 is 1.43 bits per heavy atom. The molecule has 0 saturated heterocycles. The Bertz CT molecular complexity index is 768. The second-order valence-electron chi connectivity index (χ2n) is 6.07. The van der Waals surface area contributed by atoms with Crippen LogP contribution in [-0.4, -0.2) is 57.2 Å². The van der Waals surface area contributed by atoms with Gasteiger partial charge in [0.2, 0.25) is 0 Å². The predicted octanol–water partition coefficient (Wildman–Crippen LogP) is 2.58. The Hall–Kier alpha value is -2.96. The first-order valence-corrected chi connectivity index (χ1v) is 9.06. The number of benzene rings is 2. The monoisotopic (exact) mass is 382 g/mol. The van der Waals surface area contributed by atoms with Crippen molar-refractivity contribution in [2.45, 2.75) is 0 Å². The van der Waals surface area contributed by atoms with Crippen LogP contribution in [0.1, 0.15) is 15.9 Å². The summed E-state index contributed by atoms with van der Waals surface area (Å²) in [6.45, 7) is 1.57. The van der Waals surface area contributed by atoms with Gasteiger partial charge in [-0.2, -0.15) is 0 Å². The van der Waals surface area contributed by atoms with Gasteiger partial charge in [-0.05, 0) is 23.8 Å². The van der Waals surface area contributed by atoms with E-state index in [2.05, 4.69) is 5.32 Å². The van der Waals surface area contributed by atoms with Crippen molar-refractivity contribution < 1.29 is 19.1 Å². The summed E-state index contributed by atoms with van der Waals surface area (Å²) in [5, 5.41) is 2.76. The molecule has 2 aromatic rings. The van der Waals surface area contributed by atoms with Gasteiger partial charge >= 0.3 is 0 Å². The summed E-state index contributed by atoms with van der Waals surface area (Å²) in [7, 11) is 3.16. The second-order valence-corrected chi connectivity index (χ2v) is 6.07. The van der Waals surface area contributed by atoms with Crippen molar-refractivity contribution in [2.75, 3.05) is 40.5 Å². The maximum Gasteiger partial charge on any atom is 0.270 e. The smallest absolute Gasteiger partial charge is 0.270 e. The third kappa shape index (κ3) is 6.64. The SMILES string of the molecule is COCCN(CCOC)C(=O)C(=Cc1ccccc1)NC(=O)c1ccccc1. The van der Waals surface area contributed by atoms with Crippen molar-refractivity contribution >= 4 is 17.9 Å².